The molecular weight excluding hydrogens is 434 g/mol. The molecule has 0 radical (unpaired) electrons. The van der Waals surface area contributed by atoms with Crippen LogP contribution in [-0.2, 0) is 15.1 Å². The third-order valence-electron chi connectivity index (χ3n) is 4.45. The Morgan fingerprint density at radius 1 is 1.26 bits per heavy atom. The molecule has 2 aromatic rings. The SMILES string of the molecule is Cc1ccc(Cl)cc1NC(=O)CN1C(=O)N[C@@](C)(c2cccc(Br)c2)C1=O. The molecular formula is C19H17BrClN3O3. The standard InChI is InChI=1S/C19H17BrClN3O3/c1-11-6-7-14(21)9-15(11)22-16(25)10-24-17(26)19(2,23-18(24)27)12-4-3-5-13(20)8-12/h3-9H,10H2,1-2H3,(H,22,25)(H,23,27)/t19-/m0/s1. The summed E-state index contributed by atoms with van der Waals surface area (Å²) in [5.74, 6) is -0.967. The molecule has 2 N–H and O–H groups in total. The Balaban J connectivity index is 1.77. The predicted octanol–water partition coefficient (Wildman–Crippen LogP) is 3.82. The first kappa shape index (κ1) is 19.4. The van der Waals surface area contributed by atoms with Gasteiger partial charge in [0.15, 0.2) is 0 Å². The van der Waals surface area contributed by atoms with Gasteiger partial charge in [0.2, 0.25) is 5.91 Å². The smallest absolute Gasteiger partial charge is 0.324 e. The van der Waals surface area contributed by atoms with E-state index in [0.717, 1.165) is 14.9 Å². The van der Waals surface area contributed by atoms with Crippen LogP contribution < -0.4 is 10.6 Å². The summed E-state index contributed by atoms with van der Waals surface area (Å²) in [4.78, 5) is 38.5. The Bertz CT molecular complexity index is 950. The van der Waals surface area contributed by atoms with Crippen molar-refractivity contribution in [3.63, 3.8) is 0 Å². The number of urea groups is 1. The van der Waals surface area contributed by atoms with Gasteiger partial charge in [-0.2, -0.15) is 0 Å². The summed E-state index contributed by atoms with van der Waals surface area (Å²) in [6.45, 7) is 3.05. The zero-order chi connectivity index (χ0) is 19.8. The van der Waals surface area contributed by atoms with Crippen LogP contribution in [0.4, 0.5) is 10.5 Å². The van der Waals surface area contributed by atoms with Gasteiger partial charge in [-0.15, -0.1) is 0 Å². The van der Waals surface area contributed by atoms with Crippen molar-refractivity contribution in [2.24, 2.45) is 0 Å². The van der Waals surface area contributed by atoms with Gasteiger partial charge in [0.1, 0.15) is 12.1 Å². The van der Waals surface area contributed by atoms with Crippen molar-refractivity contribution < 1.29 is 14.4 Å². The number of halogens is 2. The fourth-order valence-corrected chi connectivity index (χ4v) is 3.47. The second kappa shape index (κ2) is 7.32. The molecule has 0 aromatic heterocycles. The molecule has 0 spiro atoms. The number of amides is 4. The number of nitrogens with zero attached hydrogens (tertiary/aromatic N) is 1. The second-order valence-electron chi connectivity index (χ2n) is 6.46. The lowest BCUT2D eigenvalue weighted by molar-refractivity contribution is -0.133. The van der Waals surface area contributed by atoms with Gasteiger partial charge in [-0.05, 0) is 49.2 Å². The van der Waals surface area contributed by atoms with Crippen LogP contribution in [0.1, 0.15) is 18.1 Å². The van der Waals surface area contributed by atoms with Crippen LogP contribution >= 0.6 is 27.5 Å². The number of carbonyl (C=O) groups excluding carboxylic acids is 3. The fraction of sp³-hybridized carbons (Fsp3) is 0.211. The van der Waals surface area contributed by atoms with E-state index in [4.69, 9.17) is 11.6 Å². The highest BCUT2D eigenvalue weighted by Crippen LogP contribution is 2.30. The Labute approximate surface area is 170 Å². The number of nitrogens with one attached hydrogen (secondary N) is 2. The normalized spacial score (nSPS) is 19.2. The molecule has 0 bridgehead atoms. The van der Waals surface area contributed by atoms with Crippen molar-refractivity contribution in [2.45, 2.75) is 19.4 Å². The van der Waals surface area contributed by atoms with E-state index in [2.05, 4.69) is 26.6 Å². The molecule has 1 aliphatic heterocycles. The zero-order valence-corrected chi connectivity index (χ0v) is 17.0. The van der Waals surface area contributed by atoms with Crippen LogP contribution in [0.2, 0.25) is 5.02 Å². The topological polar surface area (TPSA) is 78.5 Å². The average molecular weight is 451 g/mol. The Morgan fingerprint density at radius 2 is 2.00 bits per heavy atom. The molecule has 1 aliphatic rings. The minimum absolute atomic E-state index is 0.389. The van der Waals surface area contributed by atoms with E-state index in [-0.39, 0.29) is 6.54 Å². The van der Waals surface area contributed by atoms with Crippen LogP contribution in [-0.4, -0.2) is 29.3 Å². The highest BCUT2D eigenvalue weighted by Gasteiger charge is 2.49. The number of benzene rings is 2. The molecule has 1 atom stereocenters. The highest BCUT2D eigenvalue weighted by molar-refractivity contribution is 9.10. The first-order chi connectivity index (χ1) is 12.7. The molecule has 0 unspecified atom stereocenters. The predicted molar refractivity (Wildman–Crippen MR) is 107 cm³/mol. The monoisotopic (exact) mass is 449 g/mol. The lowest BCUT2D eigenvalue weighted by atomic mass is 9.92. The molecule has 1 saturated heterocycles. The summed E-state index contributed by atoms with van der Waals surface area (Å²) in [6, 6.07) is 11.6. The minimum atomic E-state index is -1.23. The van der Waals surface area contributed by atoms with Crippen molar-refractivity contribution >= 4 is 51.1 Å². The van der Waals surface area contributed by atoms with E-state index in [9.17, 15) is 14.4 Å². The molecule has 0 saturated carbocycles. The maximum Gasteiger partial charge on any atom is 0.325 e. The summed E-state index contributed by atoms with van der Waals surface area (Å²) in [5, 5.41) is 5.85. The van der Waals surface area contributed by atoms with E-state index in [0.29, 0.717) is 16.3 Å². The maximum absolute atomic E-state index is 12.9. The highest BCUT2D eigenvalue weighted by atomic mass is 79.9. The number of imide groups is 1. The van der Waals surface area contributed by atoms with Gasteiger partial charge in [0, 0.05) is 15.2 Å². The first-order valence-electron chi connectivity index (χ1n) is 8.17. The molecule has 3 rings (SSSR count). The number of anilines is 1. The third-order valence-corrected chi connectivity index (χ3v) is 5.18. The Morgan fingerprint density at radius 3 is 2.70 bits per heavy atom. The third kappa shape index (κ3) is 3.84. The van der Waals surface area contributed by atoms with Crippen molar-refractivity contribution in [2.75, 3.05) is 11.9 Å². The largest absolute Gasteiger partial charge is 0.325 e. The van der Waals surface area contributed by atoms with Crippen molar-refractivity contribution in [3.05, 3.63) is 63.1 Å². The van der Waals surface area contributed by atoms with Gasteiger partial charge in [-0.25, -0.2) is 4.79 Å². The number of carbonyl (C=O) groups is 3. The zero-order valence-electron chi connectivity index (χ0n) is 14.7. The maximum atomic E-state index is 12.9. The molecule has 0 aliphatic carbocycles. The Kier molecular flexibility index (Phi) is 5.26. The molecule has 1 fully saturated rings. The quantitative estimate of drug-likeness (QED) is 0.695. The summed E-state index contributed by atoms with van der Waals surface area (Å²) >= 11 is 9.31. The second-order valence-corrected chi connectivity index (χ2v) is 7.82. The minimum Gasteiger partial charge on any atom is -0.324 e. The van der Waals surface area contributed by atoms with Crippen molar-refractivity contribution in [1.82, 2.24) is 10.2 Å². The lowest BCUT2D eigenvalue weighted by Gasteiger charge is -2.22. The lowest BCUT2D eigenvalue weighted by Crippen LogP contribution is -2.42. The van der Waals surface area contributed by atoms with E-state index in [1.165, 1.54) is 0 Å². The van der Waals surface area contributed by atoms with Gasteiger partial charge in [-0.1, -0.05) is 45.7 Å². The van der Waals surface area contributed by atoms with E-state index >= 15 is 0 Å². The van der Waals surface area contributed by atoms with Gasteiger partial charge < -0.3 is 10.6 Å². The van der Waals surface area contributed by atoms with E-state index < -0.39 is 23.4 Å². The average Bonchev–Trinajstić information content (AvgIpc) is 2.82. The number of rotatable bonds is 4. The Hall–Kier alpha value is -2.38. The summed E-state index contributed by atoms with van der Waals surface area (Å²) in [7, 11) is 0. The molecule has 140 valence electrons. The fourth-order valence-electron chi connectivity index (χ4n) is 2.90. The molecule has 4 amide bonds. The number of hydrogen-bond donors (Lipinski definition) is 2. The van der Waals surface area contributed by atoms with Gasteiger partial charge >= 0.3 is 6.03 Å². The van der Waals surface area contributed by atoms with Gasteiger partial charge in [0.25, 0.3) is 5.91 Å². The molecule has 1 heterocycles. The van der Waals surface area contributed by atoms with Crippen LogP contribution in [0, 0.1) is 6.92 Å². The molecule has 6 nitrogen and oxygen atoms in total. The molecule has 27 heavy (non-hydrogen) atoms. The number of aryl methyl sites for hydroxylation is 1. The van der Waals surface area contributed by atoms with E-state index in [1.807, 2.05) is 13.0 Å². The molecule has 8 heteroatoms. The van der Waals surface area contributed by atoms with Crippen LogP contribution in [0.15, 0.2) is 46.9 Å². The van der Waals surface area contributed by atoms with Gasteiger partial charge in [0.05, 0.1) is 0 Å². The number of hydrogen-bond acceptors (Lipinski definition) is 3. The first-order valence-corrected chi connectivity index (χ1v) is 9.34. The van der Waals surface area contributed by atoms with Crippen LogP contribution in [0.5, 0.6) is 0 Å². The van der Waals surface area contributed by atoms with Gasteiger partial charge in [-0.3, -0.25) is 14.5 Å². The van der Waals surface area contributed by atoms with Crippen molar-refractivity contribution in [3.8, 4) is 0 Å². The summed E-state index contributed by atoms with van der Waals surface area (Å²) < 4.78 is 0.788. The summed E-state index contributed by atoms with van der Waals surface area (Å²) in [5.41, 5.74) is 0.759. The summed E-state index contributed by atoms with van der Waals surface area (Å²) in [6.07, 6.45) is 0. The van der Waals surface area contributed by atoms with Crippen LogP contribution in [0.25, 0.3) is 0 Å². The van der Waals surface area contributed by atoms with E-state index in [1.54, 1.807) is 43.3 Å². The van der Waals surface area contributed by atoms with Crippen LogP contribution in [0.3, 0.4) is 0 Å². The molecule has 2 aromatic carbocycles. The van der Waals surface area contributed by atoms with Crippen molar-refractivity contribution in [1.29, 1.82) is 0 Å².